The number of ketones is 3. The minimum absolute atomic E-state index is 0.0623. The molecule has 0 heterocycles. The Kier molecular flexibility index (Phi) is 5.40. The molecule has 1 N–H and O–H groups in total. The van der Waals surface area contributed by atoms with Gasteiger partial charge in [-0.25, -0.2) is 0 Å². The second-order valence-electron chi connectivity index (χ2n) is 6.10. The van der Waals surface area contributed by atoms with E-state index in [2.05, 4.69) is 0 Å². The molecule has 0 aliphatic heterocycles. The van der Waals surface area contributed by atoms with Crippen molar-refractivity contribution in [3.8, 4) is 17.2 Å². The number of fused-ring (bicyclic) bond motifs is 1. The van der Waals surface area contributed by atoms with Crippen LogP contribution in [-0.2, 0) is 4.79 Å². The van der Waals surface area contributed by atoms with Crippen LogP contribution in [0.1, 0.15) is 27.1 Å². The largest absolute Gasteiger partial charge is 0.507 e. The highest BCUT2D eigenvalue weighted by molar-refractivity contribution is 6.48. The van der Waals surface area contributed by atoms with E-state index in [0.717, 1.165) is 5.39 Å². The zero-order valence-corrected chi connectivity index (χ0v) is 15.4. The Hall–Kier alpha value is -3.67. The Balaban J connectivity index is 1.89. The quantitative estimate of drug-likeness (QED) is 0.384. The molecule has 0 unspecified atom stereocenters. The van der Waals surface area contributed by atoms with Gasteiger partial charge in [-0.05, 0) is 10.8 Å². The second-order valence-corrected chi connectivity index (χ2v) is 6.10. The number of benzene rings is 3. The predicted molar refractivity (Wildman–Crippen MR) is 103 cm³/mol. The lowest BCUT2D eigenvalue weighted by Gasteiger charge is -2.11. The van der Waals surface area contributed by atoms with Gasteiger partial charge in [-0.2, -0.15) is 0 Å². The summed E-state index contributed by atoms with van der Waals surface area (Å²) in [7, 11) is 2.73. The fourth-order valence-corrected chi connectivity index (χ4v) is 3.02. The van der Waals surface area contributed by atoms with Crippen LogP contribution in [0.3, 0.4) is 0 Å². The average Bonchev–Trinajstić information content (AvgIpc) is 2.71. The minimum Gasteiger partial charge on any atom is -0.507 e. The van der Waals surface area contributed by atoms with Crippen LogP contribution in [-0.4, -0.2) is 36.7 Å². The van der Waals surface area contributed by atoms with Crippen LogP contribution in [0.4, 0.5) is 0 Å². The highest BCUT2D eigenvalue weighted by atomic mass is 16.5. The smallest absolute Gasteiger partial charge is 0.229 e. The van der Waals surface area contributed by atoms with E-state index in [4.69, 9.17) is 9.47 Å². The molecule has 0 bridgehead atoms. The van der Waals surface area contributed by atoms with E-state index >= 15 is 0 Å². The van der Waals surface area contributed by atoms with Gasteiger partial charge in [-0.1, -0.05) is 42.5 Å². The van der Waals surface area contributed by atoms with E-state index in [9.17, 15) is 19.5 Å². The van der Waals surface area contributed by atoms with Gasteiger partial charge in [-0.3, -0.25) is 14.4 Å². The molecular weight excluding hydrogens is 360 g/mol. The third kappa shape index (κ3) is 3.57. The van der Waals surface area contributed by atoms with Crippen LogP contribution in [0.2, 0.25) is 0 Å². The van der Waals surface area contributed by atoms with Gasteiger partial charge in [0.15, 0.2) is 5.78 Å². The van der Waals surface area contributed by atoms with E-state index in [1.165, 1.54) is 26.4 Å². The van der Waals surface area contributed by atoms with Crippen LogP contribution in [0.25, 0.3) is 10.8 Å². The molecule has 0 fully saturated rings. The predicted octanol–water partition coefficient (Wildman–Crippen LogP) is 3.59. The number of carbonyl (C=O) groups is 3. The average molecular weight is 378 g/mol. The molecule has 0 amide bonds. The second kappa shape index (κ2) is 7.92. The Morgan fingerprint density at radius 3 is 2.36 bits per heavy atom. The van der Waals surface area contributed by atoms with Gasteiger partial charge in [0.05, 0.1) is 20.6 Å². The summed E-state index contributed by atoms with van der Waals surface area (Å²) in [5.41, 5.74) is 0.0733. The van der Waals surface area contributed by atoms with Crippen molar-refractivity contribution < 1.29 is 29.0 Å². The van der Waals surface area contributed by atoms with E-state index in [1.54, 1.807) is 24.3 Å². The van der Waals surface area contributed by atoms with Crippen LogP contribution in [0.5, 0.6) is 17.2 Å². The lowest BCUT2D eigenvalue weighted by atomic mass is 9.96. The first-order valence-corrected chi connectivity index (χ1v) is 8.49. The van der Waals surface area contributed by atoms with Crippen molar-refractivity contribution >= 4 is 28.1 Å². The first-order chi connectivity index (χ1) is 13.5. The highest BCUT2D eigenvalue weighted by Crippen LogP contribution is 2.34. The number of hydrogen-bond donors (Lipinski definition) is 1. The summed E-state index contributed by atoms with van der Waals surface area (Å²) in [6.45, 7) is 0. The topological polar surface area (TPSA) is 89.9 Å². The van der Waals surface area contributed by atoms with Gasteiger partial charge in [0, 0.05) is 17.7 Å². The molecule has 28 heavy (non-hydrogen) atoms. The summed E-state index contributed by atoms with van der Waals surface area (Å²) in [4.78, 5) is 37.7. The zero-order valence-electron chi connectivity index (χ0n) is 15.4. The molecule has 3 rings (SSSR count). The number of aromatic hydroxyl groups is 1. The highest BCUT2D eigenvalue weighted by Gasteiger charge is 2.26. The van der Waals surface area contributed by atoms with E-state index in [0.29, 0.717) is 11.1 Å². The molecule has 0 spiro atoms. The minimum atomic E-state index is -0.862. The third-order valence-electron chi connectivity index (χ3n) is 4.40. The lowest BCUT2D eigenvalue weighted by molar-refractivity contribution is -0.114. The maximum Gasteiger partial charge on any atom is 0.229 e. The molecule has 0 radical (unpaired) electrons. The molecule has 3 aromatic carbocycles. The summed E-state index contributed by atoms with van der Waals surface area (Å²) < 4.78 is 10.1. The van der Waals surface area contributed by atoms with Gasteiger partial charge in [0.25, 0.3) is 0 Å². The van der Waals surface area contributed by atoms with Gasteiger partial charge >= 0.3 is 0 Å². The number of Topliss-reactive ketones (excluding diaryl/α,β-unsaturated/α-hetero) is 3. The van der Waals surface area contributed by atoms with Crippen LogP contribution >= 0.6 is 0 Å². The van der Waals surface area contributed by atoms with Gasteiger partial charge in [0.2, 0.25) is 11.6 Å². The Morgan fingerprint density at radius 2 is 1.64 bits per heavy atom. The molecule has 0 aliphatic carbocycles. The van der Waals surface area contributed by atoms with Crippen molar-refractivity contribution in [2.75, 3.05) is 14.2 Å². The maximum atomic E-state index is 12.6. The van der Waals surface area contributed by atoms with Crippen LogP contribution < -0.4 is 9.47 Å². The van der Waals surface area contributed by atoms with E-state index in [-0.39, 0.29) is 22.6 Å². The molecule has 3 aromatic rings. The van der Waals surface area contributed by atoms with Crippen LogP contribution in [0.15, 0.2) is 54.6 Å². The molecule has 0 aliphatic rings. The SMILES string of the molecule is COc1cc(O)c(C(=O)CC(=O)C(=O)c2cccc3ccccc23)c(OC)c1. The molecule has 142 valence electrons. The van der Waals surface area contributed by atoms with Crippen molar-refractivity contribution in [1.82, 2.24) is 0 Å². The Bertz CT molecular complexity index is 1080. The Labute approximate surface area is 161 Å². The number of ether oxygens (including phenoxy) is 2. The fourth-order valence-electron chi connectivity index (χ4n) is 3.02. The Morgan fingerprint density at radius 1 is 0.929 bits per heavy atom. The number of carbonyl (C=O) groups excluding carboxylic acids is 3. The van der Waals surface area contributed by atoms with Crippen molar-refractivity contribution in [2.24, 2.45) is 0 Å². The summed E-state index contributed by atoms with van der Waals surface area (Å²) in [6, 6.07) is 14.9. The number of methoxy groups -OCH3 is 2. The van der Waals surface area contributed by atoms with Crippen molar-refractivity contribution in [3.63, 3.8) is 0 Å². The lowest BCUT2D eigenvalue weighted by Crippen LogP contribution is -2.19. The first kappa shape index (κ1) is 19.1. The van der Waals surface area contributed by atoms with Crippen molar-refractivity contribution in [3.05, 3.63) is 65.7 Å². The summed E-state index contributed by atoms with van der Waals surface area (Å²) >= 11 is 0. The van der Waals surface area contributed by atoms with Crippen molar-refractivity contribution in [2.45, 2.75) is 6.42 Å². The number of rotatable bonds is 7. The van der Waals surface area contributed by atoms with Gasteiger partial charge in [0.1, 0.15) is 22.8 Å². The monoisotopic (exact) mass is 378 g/mol. The summed E-state index contributed by atoms with van der Waals surface area (Å²) in [6.07, 6.45) is -0.682. The number of phenolic OH excluding ortho intramolecular Hbond substituents is 1. The molecule has 0 atom stereocenters. The molecule has 0 saturated carbocycles. The number of hydrogen-bond acceptors (Lipinski definition) is 6. The fraction of sp³-hybridized carbons (Fsp3) is 0.136. The molecule has 6 heteroatoms. The summed E-state index contributed by atoms with van der Waals surface area (Å²) in [5, 5.41) is 11.6. The molecular formula is C22H18O6. The van der Waals surface area contributed by atoms with Crippen molar-refractivity contribution in [1.29, 1.82) is 0 Å². The first-order valence-electron chi connectivity index (χ1n) is 8.49. The van der Waals surface area contributed by atoms with E-state index in [1.807, 2.05) is 18.2 Å². The molecule has 0 saturated heterocycles. The van der Waals surface area contributed by atoms with E-state index < -0.39 is 23.8 Å². The summed E-state index contributed by atoms with van der Waals surface area (Å²) in [5.74, 6) is -2.35. The standard InChI is InChI=1S/C22H18O6/c1-27-14-10-17(23)21(20(11-14)28-2)18(24)12-19(25)22(26)16-9-5-7-13-6-3-4-8-15(13)16/h3-11,23H,12H2,1-2H3. The maximum absolute atomic E-state index is 12.6. The number of phenols is 1. The third-order valence-corrected chi connectivity index (χ3v) is 4.40. The van der Waals surface area contributed by atoms with Gasteiger partial charge in [-0.15, -0.1) is 0 Å². The molecule has 6 nitrogen and oxygen atoms in total. The van der Waals surface area contributed by atoms with Crippen LogP contribution in [0, 0.1) is 0 Å². The van der Waals surface area contributed by atoms with Gasteiger partial charge < -0.3 is 14.6 Å². The zero-order chi connectivity index (χ0) is 20.3. The molecule has 0 aromatic heterocycles. The normalized spacial score (nSPS) is 10.5.